The van der Waals surface area contributed by atoms with E-state index < -0.39 is 22.8 Å². The van der Waals surface area contributed by atoms with Crippen molar-refractivity contribution in [2.75, 3.05) is 13.1 Å². The lowest BCUT2D eigenvalue weighted by Gasteiger charge is -2.33. The van der Waals surface area contributed by atoms with Gasteiger partial charge in [0.25, 0.3) is 11.1 Å². The molecule has 0 amide bonds. The Bertz CT molecular complexity index is 802. The number of aromatic nitrogens is 3. The topological polar surface area (TPSA) is 79.8 Å². The van der Waals surface area contributed by atoms with Gasteiger partial charge < -0.3 is 5.32 Å². The third kappa shape index (κ3) is 1.96. The SMILES string of the molecule is O=c1[nH]ncc2cn(C3(C(F)(F)F)CCNC3)c(=O)cc12. The maximum absolute atomic E-state index is 13.5. The largest absolute Gasteiger partial charge is 0.413 e. The quantitative estimate of drug-likeness (QED) is 0.796. The zero-order valence-electron chi connectivity index (χ0n) is 10.7. The van der Waals surface area contributed by atoms with Crippen LogP contribution in [0.1, 0.15) is 6.42 Å². The van der Waals surface area contributed by atoms with E-state index in [-0.39, 0.29) is 30.3 Å². The first-order valence-electron chi connectivity index (χ1n) is 6.23. The van der Waals surface area contributed by atoms with E-state index in [1.807, 2.05) is 0 Å². The Morgan fingerprint density at radius 1 is 1.33 bits per heavy atom. The van der Waals surface area contributed by atoms with Gasteiger partial charge in [0.2, 0.25) is 0 Å². The molecule has 1 unspecified atom stereocenters. The molecule has 0 bridgehead atoms. The van der Waals surface area contributed by atoms with Crippen molar-refractivity contribution in [2.24, 2.45) is 0 Å². The molecule has 0 aromatic carbocycles. The monoisotopic (exact) mass is 300 g/mol. The maximum atomic E-state index is 13.5. The van der Waals surface area contributed by atoms with Crippen molar-refractivity contribution < 1.29 is 13.2 Å². The van der Waals surface area contributed by atoms with Gasteiger partial charge in [0.15, 0.2) is 5.54 Å². The Morgan fingerprint density at radius 3 is 2.71 bits per heavy atom. The minimum absolute atomic E-state index is 0.0227. The predicted molar refractivity (Wildman–Crippen MR) is 68.1 cm³/mol. The molecule has 3 rings (SSSR count). The van der Waals surface area contributed by atoms with Crippen LogP contribution in [-0.2, 0) is 5.54 Å². The summed E-state index contributed by atoms with van der Waals surface area (Å²) in [6.45, 7) is -0.212. The Kier molecular flexibility index (Phi) is 2.90. The molecule has 2 aromatic heterocycles. The van der Waals surface area contributed by atoms with Crippen LogP contribution < -0.4 is 16.4 Å². The molecule has 1 aliphatic rings. The number of halogens is 3. The maximum Gasteiger partial charge on any atom is 0.413 e. The summed E-state index contributed by atoms with van der Waals surface area (Å²) in [7, 11) is 0. The molecule has 1 saturated heterocycles. The van der Waals surface area contributed by atoms with Crippen molar-refractivity contribution in [1.82, 2.24) is 20.1 Å². The fraction of sp³-hybridized carbons (Fsp3) is 0.417. The first-order chi connectivity index (χ1) is 9.85. The molecule has 1 atom stereocenters. The normalized spacial score (nSPS) is 22.8. The van der Waals surface area contributed by atoms with Gasteiger partial charge in [-0.15, -0.1) is 0 Å². The average Bonchev–Trinajstić information content (AvgIpc) is 2.89. The van der Waals surface area contributed by atoms with Gasteiger partial charge >= 0.3 is 6.18 Å². The van der Waals surface area contributed by atoms with Crippen molar-refractivity contribution in [1.29, 1.82) is 0 Å². The Hall–Kier alpha value is -2.16. The number of hydrogen-bond donors (Lipinski definition) is 2. The zero-order valence-corrected chi connectivity index (χ0v) is 10.7. The molecule has 0 radical (unpaired) electrons. The van der Waals surface area contributed by atoms with Gasteiger partial charge in [-0.25, -0.2) is 5.10 Å². The highest BCUT2D eigenvalue weighted by molar-refractivity contribution is 5.79. The van der Waals surface area contributed by atoms with Crippen molar-refractivity contribution in [3.8, 4) is 0 Å². The minimum atomic E-state index is -4.58. The Morgan fingerprint density at radius 2 is 2.10 bits per heavy atom. The Labute approximate surface area is 115 Å². The van der Waals surface area contributed by atoms with Gasteiger partial charge in [-0.1, -0.05) is 0 Å². The van der Waals surface area contributed by atoms with Crippen LogP contribution in [0.4, 0.5) is 13.2 Å². The number of pyridine rings is 1. The number of nitrogens with one attached hydrogen (secondary N) is 2. The molecular formula is C12H11F3N4O2. The van der Waals surface area contributed by atoms with E-state index in [2.05, 4.69) is 15.5 Å². The number of nitrogens with zero attached hydrogens (tertiary/aromatic N) is 2. The van der Waals surface area contributed by atoms with Crippen molar-refractivity contribution in [3.63, 3.8) is 0 Å². The van der Waals surface area contributed by atoms with Crippen LogP contribution in [0.5, 0.6) is 0 Å². The van der Waals surface area contributed by atoms with Crippen LogP contribution >= 0.6 is 0 Å². The molecule has 3 heterocycles. The van der Waals surface area contributed by atoms with Crippen molar-refractivity contribution in [3.05, 3.63) is 39.2 Å². The van der Waals surface area contributed by atoms with Crippen LogP contribution in [-0.4, -0.2) is 34.0 Å². The number of alkyl halides is 3. The number of rotatable bonds is 1. The summed E-state index contributed by atoms with van der Waals surface area (Å²) < 4.78 is 41.1. The van der Waals surface area contributed by atoms with E-state index in [0.29, 0.717) is 4.57 Å². The van der Waals surface area contributed by atoms with E-state index in [9.17, 15) is 22.8 Å². The molecule has 1 fully saturated rings. The third-order valence-electron chi connectivity index (χ3n) is 3.82. The summed E-state index contributed by atoms with van der Waals surface area (Å²) in [6, 6.07) is 0.918. The van der Waals surface area contributed by atoms with Gasteiger partial charge in [0.1, 0.15) is 0 Å². The summed E-state index contributed by atoms with van der Waals surface area (Å²) >= 11 is 0. The van der Waals surface area contributed by atoms with Crippen LogP contribution in [0.2, 0.25) is 0 Å². The summed E-state index contributed by atoms with van der Waals surface area (Å²) in [5.41, 5.74) is -3.76. The van der Waals surface area contributed by atoms with Crippen molar-refractivity contribution >= 4 is 10.8 Å². The van der Waals surface area contributed by atoms with Crippen LogP contribution in [0.25, 0.3) is 10.8 Å². The van der Waals surface area contributed by atoms with E-state index in [1.54, 1.807) is 0 Å². The zero-order chi connectivity index (χ0) is 15.3. The van der Waals surface area contributed by atoms with E-state index >= 15 is 0 Å². The van der Waals surface area contributed by atoms with Gasteiger partial charge in [-0.05, 0) is 13.0 Å². The highest BCUT2D eigenvalue weighted by atomic mass is 19.4. The molecule has 6 nitrogen and oxygen atoms in total. The highest BCUT2D eigenvalue weighted by Gasteiger charge is 2.58. The third-order valence-corrected chi connectivity index (χ3v) is 3.82. The average molecular weight is 300 g/mol. The molecule has 1 aliphatic heterocycles. The second kappa shape index (κ2) is 4.42. The molecule has 21 heavy (non-hydrogen) atoms. The molecule has 0 saturated carbocycles. The van der Waals surface area contributed by atoms with Gasteiger partial charge in [0, 0.05) is 24.2 Å². The highest BCUT2D eigenvalue weighted by Crippen LogP contribution is 2.40. The van der Waals surface area contributed by atoms with Crippen LogP contribution in [0.3, 0.4) is 0 Å². The lowest BCUT2D eigenvalue weighted by atomic mass is 9.96. The molecular weight excluding hydrogens is 289 g/mol. The first kappa shape index (κ1) is 13.8. The molecule has 2 aromatic rings. The van der Waals surface area contributed by atoms with Gasteiger partial charge in [-0.3, -0.25) is 14.2 Å². The van der Waals surface area contributed by atoms with E-state index in [0.717, 1.165) is 12.3 Å². The number of H-pyrrole nitrogens is 1. The molecule has 112 valence electrons. The second-order valence-corrected chi connectivity index (χ2v) is 5.01. The second-order valence-electron chi connectivity index (χ2n) is 5.01. The van der Waals surface area contributed by atoms with Crippen LogP contribution in [0.15, 0.2) is 28.0 Å². The molecule has 0 aliphatic carbocycles. The summed E-state index contributed by atoms with van der Waals surface area (Å²) in [4.78, 5) is 23.6. The Balaban J connectivity index is 2.32. The fourth-order valence-electron chi connectivity index (χ4n) is 2.67. The van der Waals surface area contributed by atoms with E-state index in [1.165, 1.54) is 6.20 Å². The number of hydrogen-bond acceptors (Lipinski definition) is 4. The lowest BCUT2D eigenvalue weighted by Crippen LogP contribution is -2.53. The molecule has 0 spiro atoms. The molecule has 9 heteroatoms. The number of aromatic amines is 1. The minimum Gasteiger partial charge on any atom is -0.314 e. The van der Waals surface area contributed by atoms with Gasteiger partial charge in [-0.2, -0.15) is 18.3 Å². The number of fused-ring (bicyclic) bond motifs is 1. The first-order valence-corrected chi connectivity index (χ1v) is 6.23. The summed E-state index contributed by atoms with van der Waals surface area (Å²) in [5.74, 6) is 0. The fourth-order valence-corrected chi connectivity index (χ4v) is 2.67. The summed E-state index contributed by atoms with van der Waals surface area (Å²) in [5, 5.41) is 8.54. The lowest BCUT2D eigenvalue weighted by molar-refractivity contribution is -0.209. The summed E-state index contributed by atoms with van der Waals surface area (Å²) in [6.07, 6.45) is -2.54. The van der Waals surface area contributed by atoms with Crippen molar-refractivity contribution in [2.45, 2.75) is 18.1 Å². The standard InChI is InChI=1S/C12H11F3N4O2/c13-12(14,15)11(1-2-16-6-11)19-5-7-4-17-18-10(21)8(7)3-9(19)20/h3-5,16H,1-2,6H2,(H,18,21). The molecule has 2 N–H and O–H groups in total. The van der Waals surface area contributed by atoms with Crippen LogP contribution in [0, 0.1) is 0 Å². The van der Waals surface area contributed by atoms with Gasteiger partial charge in [0.05, 0.1) is 11.6 Å². The predicted octanol–water partition coefficient (Wildman–Crippen LogP) is 0.336. The smallest absolute Gasteiger partial charge is 0.314 e. The van der Waals surface area contributed by atoms with E-state index in [4.69, 9.17) is 0 Å².